The standard InChI is InChI=1S/C19H16ClNO3S3/c1-10(2)9-23-18(22)13-7-11(3-5-14(13)20)15-6-4-12(24-15)8-16-17(25)21-19(26)27-16/h3-8,10H,9H2,1-2H3,(H,21,25,26). The van der Waals surface area contributed by atoms with Crippen LogP contribution in [0.1, 0.15) is 30.0 Å². The monoisotopic (exact) mass is 437 g/mol. The van der Waals surface area contributed by atoms with Gasteiger partial charge in [0, 0.05) is 5.56 Å². The molecule has 8 heteroatoms. The van der Waals surface area contributed by atoms with Gasteiger partial charge in [0.1, 0.15) is 20.8 Å². The highest BCUT2D eigenvalue weighted by atomic mass is 35.5. The molecule has 1 fully saturated rings. The first-order valence-electron chi connectivity index (χ1n) is 8.15. The predicted molar refractivity (Wildman–Crippen MR) is 118 cm³/mol. The van der Waals surface area contributed by atoms with E-state index in [9.17, 15) is 4.79 Å². The third kappa shape index (κ3) is 4.99. The second-order valence-electron chi connectivity index (χ2n) is 6.24. The van der Waals surface area contributed by atoms with Gasteiger partial charge in [0.05, 0.1) is 22.1 Å². The van der Waals surface area contributed by atoms with E-state index in [1.165, 1.54) is 11.8 Å². The molecule has 0 bridgehead atoms. The average molecular weight is 438 g/mol. The van der Waals surface area contributed by atoms with Crippen molar-refractivity contribution in [3.63, 3.8) is 0 Å². The summed E-state index contributed by atoms with van der Waals surface area (Å²) < 4.78 is 11.8. The van der Waals surface area contributed by atoms with Crippen LogP contribution >= 0.6 is 47.8 Å². The number of halogens is 1. The molecule has 2 heterocycles. The van der Waals surface area contributed by atoms with Gasteiger partial charge in [-0.25, -0.2) is 4.79 Å². The first-order valence-corrected chi connectivity index (χ1v) is 10.2. The highest BCUT2D eigenvalue weighted by Crippen LogP contribution is 2.31. The number of furan rings is 1. The van der Waals surface area contributed by atoms with Crippen molar-refractivity contribution in [2.45, 2.75) is 13.8 Å². The van der Waals surface area contributed by atoms with Crippen molar-refractivity contribution in [1.29, 1.82) is 0 Å². The third-order valence-electron chi connectivity index (χ3n) is 3.56. The summed E-state index contributed by atoms with van der Waals surface area (Å²) in [7, 11) is 0. The van der Waals surface area contributed by atoms with Crippen molar-refractivity contribution in [2.24, 2.45) is 5.92 Å². The van der Waals surface area contributed by atoms with Crippen molar-refractivity contribution in [1.82, 2.24) is 5.32 Å². The lowest BCUT2D eigenvalue weighted by atomic mass is 10.1. The molecule has 1 saturated heterocycles. The van der Waals surface area contributed by atoms with Gasteiger partial charge >= 0.3 is 5.97 Å². The fourth-order valence-electron chi connectivity index (χ4n) is 2.29. The number of rotatable bonds is 5. The molecule has 0 unspecified atom stereocenters. The number of carbonyl (C=O) groups is 1. The molecule has 1 aromatic heterocycles. The molecule has 3 rings (SSSR count). The normalized spacial score (nSPS) is 15.5. The Bertz CT molecular complexity index is 949. The fourth-order valence-corrected chi connectivity index (χ4v) is 3.94. The topological polar surface area (TPSA) is 51.5 Å². The summed E-state index contributed by atoms with van der Waals surface area (Å²) in [6.45, 7) is 4.28. The molecule has 0 amide bonds. The quantitative estimate of drug-likeness (QED) is 0.365. The number of benzene rings is 1. The lowest BCUT2D eigenvalue weighted by molar-refractivity contribution is 0.0459. The summed E-state index contributed by atoms with van der Waals surface area (Å²) >= 11 is 17.9. The predicted octanol–water partition coefficient (Wildman–Crippen LogP) is 5.70. The van der Waals surface area contributed by atoms with Gasteiger partial charge in [0.2, 0.25) is 0 Å². The first kappa shape index (κ1) is 20.1. The van der Waals surface area contributed by atoms with Gasteiger partial charge < -0.3 is 14.5 Å². The summed E-state index contributed by atoms with van der Waals surface area (Å²) in [5.74, 6) is 1.05. The molecule has 0 atom stereocenters. The van der Waals surface area contributed by atoms with Gasteiger partial charge in [-0.15, -0.1) is 0 Å². The van der Waals surface area contributed by atoms with Crippen LogP contribution in [0.25, 0.3) is 17.4 Å². The number of thiocarbonyl (C=S) groups is 2. The molecule has 2 aromatic rings. The van der Waals surface area contributed by atoms with Crippen molar-refractivity contribution >= 4 is 69.2 Å². The maximum absolute atomic E-state index is 12.3. The molecule has 0 saturated carbocycles. The fraction of sp³-hybridized carbons (Fsp3) is 0.211. The first-order chi connectivity index (χ1) is 12.8. The van der Waals surface area contributed by atoms with Crippen LogP contribution in [-0.2, 0) is 4.74 Å². The van der Waals surface area contributed by atoms with E-state index in [0.717, 1.165) is 10.5 Å². The van der Waals surface area contributed by atoms with E-state index < -0.39 is 5.97 Å². The van der Waals surface area contributed by atoms with E-state index in [4.69, 9.17) is 45.2 Å². The second-order valence-corrected chi connectivity index (χ2v) is 8.78. The molecule has 0 spiro atoms. The summed E-state index contributed by atoms with van der Waals surface area (Å²) in [6, 6.07) is 8.79. The molecule has 1 aliphatic heterocycles. The highest BCUT2D eigenvalue weighted by Gasteiger charge is 2.19. The van der Waals surface area contributed by atoms with Gasteiger partial charge in [-0.05, 0) is 42.3 Å². The SMILES string of the molecule is CC(C)COC(=O)c1cc(-c2ccc(C=C3SC(=S)NC3=S)o2)ccc1Cl. The summed E-state index contributed by atoms with van der Waals surface area (Å²) in [5, 5.41) is 3.26. The van der Waals surface area contributed by atoms with E-state index in [-0.39, 0.29) is 5.92 Å². The number of thioether (sulfide) groups is 1. The average Bonchev–Trinajstić information content (AvgIpc) is 3.20. The number of ether oxygens (including phenoxy) is 1. The Hall–Kier alpha value is -1.67. The van der Waals surface area contributed by atoms with E-state index in [1.54, 1.807) is 18.2 Å². The Balaban J connectivity index is 1.83. The van der Waals surface area contributed by atoms with E-state index in [1.807, 2.05) is 32.1 Å². The molecule has 1 N–H and O–H groups in total. The van der Waals surface area contributed by atoms with E-state index >= 15 is 0 Å². The second kappa shape index (κ2) is 8.56. The maximum atomic E-state index is 12.3. The molecule has 4 nitrogen and oxygen atoms in total. The van der Waals surface area contributed by atoms with Gasteiger partial charge in [-0.3, -0.25) is 0 Å². The van der Waals surface area contributed by atoms with Gasteiger partial charge in [-0.2, -0.15) is 0 Å². The van der Waals surface area contributed by atoms with Crippen LogP contribution in [0.15, 0.2) is 39.7 Å². The Kier molecular flexibility index (Phi) is 6.37. The zero-order chi connectivity index (χ0) is 19.6. The Labute approximate surface area is 177 Å². The zero-order valence-corrected chi connectivity index (χ0v) is 17.8. The molecule has 1 aliphatic rings. The maximum Gasteiger partial charge on any atom is 0.339 e. The summed E-state index contributed by atoms with van der Waals surface area (Å²) in [5.41, 5.74) is 1.05. The number of nitrogens with one attached hydrogen (secondary N) is 1. The van der Waals surface area contributed by atoms with E-state index in [0.29, 0.717) is 38.0 Å². The van der Waals surface area contributed by atoms with Crippen molar-refractivity contribution in [3.05, 3.63) is 51.6 Å². The minimum atomic E-state index is -0.447. The Morgan fingerprint density at radius 3 is 2.78 bits per heavy atom. The van der Waals surface area contributed by atoms with Crippen LogP contribution in [0.3, 0.4) is 0 Å². The van der Waals surface area contributed by atoms with Crippen molar-refractivity contribution < 1.29 is 13.9 Å². The number of esters is 1. The number of hydrogen-bond acceptors (Lipinski definition) is 6. The number of hydrogen-bond donors (Lipinski definition) is 1. The lowest BCUT2D eigenvalue weighted by Gasteiger charge is -2.09. The summed E-state index contributed by atoms with van der Waals surface area (Å²) in [6.07, 6.45) is 1.83. The largest absolute Gasteiger partial charge is 0.462 e. The molecular weight excluding hydrogens is 422 g/mol. The van der Waals surface area contributed by atoms with Gasteiger partial charge in [0.15, 0.2) is 0 Å². The highest BCUT2D eigenvalue weighted by molar-refractivity contribution is 8.27. The Morgan fingerprint density at radius 2 is 2.11 bits per heavy atom. The third-order valence-corrected chi connectivity index (χ3v) is 5.52. The minimum Gasteiger partial charge on any atom is -0.462 e. The van der Waals surface area contributed by atoms with Crippen molar-refractivity contribution in [3.8, 4) is 11.3 Å². The Morgan fingerprint density at radius 1 is 1.33 bits per heavy atom. The van der Waals surface area contributed by atoms with Gasteiger partial charge in [0.25, 0.3) is 0 Å². The molecule has 1 aromatic carbocycles. The molecule has 27 heavy (non-hydrogen) atoms. The van der Waals surface area contributed by atoms with Crippen LogP contribution in [0.5, 0.6) is 0 Å². The minimum absolute atomic E-state index is 0.249. The van der Waals surface area contributed by atoms with Gasteiger partial charge in [-0.1, -0.05) is 61.6 Å². The van der Waals surface area contributed by atoms with Crippen LogP contribution in [0.2, 0.25) is 5.02 Å². The molecular formula is C19H16ClNO3S3. The lowest BCUT2D eigenvalue weighted by Crippen LogP contribution is -2.15. The van der Waals surface area contributed by atoms with Crippen molar-refractivity contribution in [2.75, 3.05) is 6.61 Å². The smallest absolute Gasteiger partial charge is 0.339 e. The van der Waals surface area contributed by atoms with Crippen LogP contribution in [0, 0.1) is 5.92 Å². The number of carbonyl (C=O) groups excluding carboxylic acids is 1. The molecule has 0 aliphatic carbocycles. The summed E-state index contributed by atoms with van der Waals surface area (Å²) in [4.78, 5) is 13.7. The molecule has 0 radical (unpaired) electrons. The van der Waals surface area contributed by atoms with Crippen LogP contribution in [-0.4, -0.2) is 21.9 Å². The van der Waals surface area contributed by atoms with E-state index in [2.05, 4.69) is 5.32 Å². The zero-order valence-electron chi connectivity index (χ0n) is 14.6. The van der Waals surface area contributed by atoms with Crippen LogP contribution < -0.4 is 5.32 Å². The molecule has 140 valence electrons. The van der Waals surface area contributed by atoms with Crippen LogP contribution in [0.4, 0.5) is 0 Å².